The first kappa shape index (κ1) is 12.8. The van der Waals surface area contributed by atoms with Gasteiger partial charge in [-0.3, -0.25) is 0 Å². The molecule has 0 saturated carbocycles. The fourth-order valence-corrected chi connectivity index (χ4v) is 1.91. The van der Waals surface area contributed by atoms with E-state index in [1.165, 1.54) is 19.3 Å². The number of aromatic amines is 1. The Balaban J connectivity index is 1.92. The van der Waals surface area contributed by atoms with Gasteiger partial charge in [-0.25, -0.2) is 0 Å². The fraction of sp³-hybridized carbons (Fsp3) is 0.429. The zero-order valence-corrected chi connectivity index (χ0v) is 10.8. The minimum atomic E-state index is 0.768. The number of aromatic nitrogens is 3. The predicted octanol–water partition coefficient (Wildman–Crippen LogP) is 2.75. The number of H-pyrrole nitrogens is 1. The first-order valence-electron chi connectivity index (χ1n) is 6.57. The van der Waals surface area contributed by atoms with Crippen LogP contribution in [0.2, 0.25) is 0 Å². The normalized spacial score (nSPS) is 10.7. The molecule has 0 unspecified atom stereocenters. The molecule has 1 aromatic heterocycles. The molecule has 18 heavy (non-hydrogen) atoms. The first-order chi connectivity index (χ1) is 8.92. The van der Waals surface area contributed by atoms with Gasteiger partial charge in [0.05, 0.1) is 0 Å². The molecule has 0 atom stereocenters. The Labute approximate surface area is 108 Å². The maximum Gasteiger partial charge on any atom is 0.117 e. The van der Waals surface area contributed by atoms with Crippen LogP contribution in [0.25, 0.3) is 11.3 Å². The van der Waals surface area contributed by atoms with Crippen LogP contribution in [0.5, 0.6) is 0 Å². The van der Waals surface area contributed by atoms with Crippen LogP contribution in [-0.4, -0.2) is 22.0 Å². The van der Waals surface area contributed by atoms with Gasteiger partial charge in [-0.1, -0.05) is 50.1 Å². The van der Waals surface area contributed by atoms with Crippen molar-refractivity contribution in [1.82, 2.24) is 20.7 Å². The third-order valence-electron chi connectivity index (χ3n) is 2.92. The summed E-state index contributed by atoms with van der Waals surface area (Å²) in [7, 11) is 0. The van der Waals surface area contributed by atoms with E-state index in [4.69, 9.17) is 0 Å². The summed E-state index contributed by atoms with van der Waals surface area (Å²) in [6.07, 6.45) is 3.74. The Kier molecular flexibility index (Phi) is 4.90. The highest BCUT2D eigenvalue weighted by atomic mass is 15.3. The summed E-state index contributed by atoms with van der Waals surface area (Å²) in [4.78, 5) is 0. The van der Waals surface area contributed by atoms with Crippen LogP contribution in [0, 0.1) is 0 Å². The van der Waals surface area contributed by atoms with Crippen LogP contribution in [0.4, 0.5) is 0 Å². The van der Waals surface area contributed by atoms with Gasteiger partial charge in [0.25, 0.3) is 0 Å². The zero-order valence-electron chi connectivity index (χ0n) is 10.8. The van der Waals surface area contributed by atoms with E-state index in [9.17, 15) is 0 Å². The van der Waals surface area contributed by atoms with Crippen molar-refractivity contribution >= 4 is 0 Å². The minimum absolute atomic E-state index is 0.768. The Morgan fingerprint density at radius 2 is 1.94 bits per heavy atom. The average molecular weight is 244 g/mol. The van der Waals surface area contributed by atoms with Crippen molar-refractivity contribution in [1.29, 1.82) is 0 Å². The number of hydrogen-bond acceptors (Lipinski definition) is 3. The van der Waals surface area contributed by atoms with E-state index < -0.39 is 0 Å². The maximum absolute atomic E-state index is 4.23. The van der Waals surface area contributed by atoms with Gasteiger partial charge in [0.1, 0.15) is 11.4 Å². The first-order valence-corrected chi connectivity index (χ1v) is 6.57. The van der Waals surface area contributed by atoms with Crippen LogP contribution in [0.15, 0.2) is 30.3 Å². The van der Waals surface area contributed by atoms with E-state index >= 15 is 0 Å². The highest BCUT2D eigenvalue weighted by Gasteiger charge is 2.08. The number of unbranched alkanes of at least 4 members (excludes halogenated alkanes) is 2. The summed E-state index contributed by atoms with van der Waals surface area (Å²) in [5.74, 6) is 0. The van der Waals surface area contributed by atoms with Gasteiger partial charge in [0.2, 0.25) is 0 Å². The molecule has 0 saturated heterocycles. The largest absolute Gasteiger partial charge is 0.311 e. The van der Waals surface area contributed by atoms with Crippen molar-refractivity contribution in [2.75, 3.05) is 6.54 Å². The van der Waals surface area contributed by atoms with Crippen molar-refractivity contribution in [3.05, 3.63) is 36.0 Å². The van der Waals surface area contributed by atoms with Crippen LogP contribution in [-0.2, 0) is 6.54 Å². The molecule has 2 N–H and O–H groups in total. The molecule has 2 aromatic rings. The quantitative estimate of drug-likeness (QED) is 0.736. The van der Waals surface area contributed by atoms with Crippen LogP contribution < -0.4 is 5.32 Å². The second-order valence-electron chi connectivity index (χ2n) is 4.37. The third-order valence-corrected chi connectivity index (χ3v) is 2.92. The molecule has 96 valence electrons. The summed E-state index contributed by atoms with van der Waals surface area (Å²) in [5.41, 5.74) is 3.04. The Morgan fingerprint density at radius 3 is 2.72 bits per heavy atom. The molecule has 1 heterocycles. The van der Waals surface area contributed by atoms with E-state index in [1.54, 1.807) is 0 Å². The van der Waals surface area contributed by atoms with Crippen molar-refractivity contribution in [2.24, 2.45) is 0 Å². The highest BCUT2D eigenvalue weighted by Crippen LogP contribution is 2.18. The van der Waals surface area contributed by atoms with Gasteiger partial charge in [0, 0.05) is 12.1 Å². The second-order valence-corrected chi connectivity index (χ2v) is 4.37. The van der Waals surface area contributed by atoms with E-state index in [0.29, 0.717) is 0 Å². The molecule has 4 heteroatoms. The van der Waals surface area contributed by atoms with Crippen molar-refractivity contribution in [3.63, 3.8) is 0 Å². The molecule has 0 aliphatic carbocycles. The van der Waals surface area contributed by atoms with Gasteiger partial charge in [-0.2, -0.15) is 15.4 Å². The molecule has 0 bridgehead atoms. The summed E-state index contributed by atoms with van der Waals surface area (Å²) in [6, 6.07) is 10.1. The topological polar surface area (TPSA) is 53.6 Å². The molecule has 4 nitrogen and oxygen atoms in total. The fourth-order valence-electron chi connectivity index (χ4n) is 1.91. The molecule has 0 aliphatic heterocycles. The third kappa shape index (κ3) is 3.40. The Morgan fingerprint density at radius 1 is 1.11 bits per heavy atom. The van der Waals surface area contributed by atoms with E-state index in [0.717, 1.165) is 30.0 Å². The van der Waals surface area contributed by atoms with Crippen molar-refractivity contribution in [3.8, 4) is 11.3 Å². The van der Waals surface area contributed by atoms with Crippen molar-refractivity contribution in [2.45, 2.75) is 32.7 Å². The summed E-state index contributed by atoms with van der Waals surface area (Å²) < 4.78 is 0. The van der Waals surface area contributed by atoms with Crippen LogP contribution in [0.3, 0.4) is 0 Å². The van der Waals surface area contributed by atoms with Crippen LogP contribution >= 0.6 is 0 Å². The highest BCUT2D eigenvalue weighted by molar-refractivity contribution is 5.60. The maximum atomic E-state index is 4.23. The number of hydrogen-bond donors (Lipinski definition) is 2. The van der Waals surface area contributed by atoms with E-state index in [2.05, 4.69) is 39.8 Å². The molecule has 1 aromatic carbocycles. The van der Waals surface area contributed by atoms with E-state index in [-0.39, 0.29) is 0 Å². The SMILES string of the molecule is CCCCCNCc1n[nH]nc1-c1ccccc1. The zero-order chi connectivity index (χ0) is 12.6. The van der Waals surface area contributed by atoms with Gasteiger partial charge < -0.3 is 5.32 Å². The monoisotopic (exact) mass is 244 g/mol. The molecule has 0 amide bonds. The lowest BCUT2D eigenvalue weighted by atomic mass is 10.1. The minimum Gasteiger partial charge on any atom is -0.311 e. The number of rotatable bonds is 7. The van der Waals surface area contributed by atoms with E-state index in [1.807, 2.05) is 18.2 Å². The lowest BCUT2D eigenvalue weighted by Crippen LogP contribution is -2.15. The lowest BCUT2D eigenvalue weighted by Gasteiger charge is -2.03. The summed E-state index contributed by atoms with van der Waals surface area (Å²) >= 11 is 0. The molecule has 0 fully saturated rings. The van der Waals surface area contributed by atoms with Gasteiger partial charge in [0.15, 0.2) is 0 Å². The summed E-state index contributed by atoms with van der Waals surface area (Å²) in [5, 5.41) is 14.6. The van der Waals surface area contributed by atoms with Gasteiger partial charge in [-0.05, 0) is 13.0 Å². The number of nitrogens with one attached hydrogen (secondary N) is 2. The Hall–Kier alpha value is -1.68. The lowest BCUT2D eigenvalue weighted by molar-refractivity contribution is 0.610. The van der Waals surface area contributed by atoms with Gasteiger partial charge in [-0.15, -0.1) is 0 Å². The molecular formula is C14H20N4. The molecule has 2 rings (SSSR count). The molecule has 0 aliphatic rings. The number of nitrogens with zero attached hydrogens (tertiary/aromatic N) is 2. The van der Waals surface area contributed by atoms with Crippen LogP contribution in [0.1, 0.15) is 31.9 Å². The van der Waals surface area contributed by atoms with Gasteiger partial charge >= 0.3 is 0 Å². The van der Waals surface area contributed by atoms with Crippen molar-refractivity contribution < 1.29 is 0 Å². The second kappa shape index (κ2) is 6.91. The predicted molar refractivity (Wildman–Crippen MR) is 73.1 cm³/mol. The molecule has 0 spiro atoms. The molecular weight excluding hydrogens is 224 g/mol. The standard InChI is InChI=1S/C14H20N4/c1-2-3-7-10-15-11-13-14(17-18-16-13)12-8-5-4-6-9-12/h4-6,8-9,15H,2-3,7,10-11H2,1H3,(H,16,17,18). The average Bonchev–Trinajstić information content (AvgIpc) is 2.88. The smallest absolute Gasteiger partial charge is 0.117 e. The Bertz CT molecular complexity index is 450. The molecule has 0 radical (unpaired) electrons. The number of benzene rings is 1. The summed E-state index contributed by atoms with van der Waals surface area (Å²) in [6.45, 7) is 4.02.